The third-order valence-corrected chi connectivity index (χ3v) is 5.30. The Kier molecular flexibility index (Phi) is 7.20. The lowest BCUT2D eigenvalue weighted by Crippen LogP contribution is -2.34. The molecule has 2 fully saturated rings. The van der Waals surface area contributed by atoms with Gasteiger partial charge in [0.1, 0.15) is 0 Å². The highest BCUT2D eigenvalue weighted by Crippen LogP contribution is 2.26. The Balaban J connectivity index is 0.00000176. The maximum absolute atomic E-state index is 5.88. The van der Waals surface area contributed by atoms with E-state index in [-0.39, 0.29) is 24.0 Å². The predicted molar refractivity (Wildman–Crippen MR) is 105 cm³/mol. The molecule has 0 bridgehead atoms. The number of guanidine groups is 1. The fraction of sp³-hybridized carbons (Fsp3) is 0.733. The van der Waals surface area contributed by atoms with Gasteiger partial charge in [0, 0.05) is 38.0 Å². The Morgan fingerprint density at radius 1 is 1.36 bits per heavy atom. The molecule has 2 aliphatic rings. The van der Waals surface area contributed by atoms with Crippen molar-refractivity contribution in [2.24, 2.45) is 16.6 Å². The van der Waals surface area contributed by atoms with Crippen LogP contribution in [0.3, 0.4) is 0 Å². The lowest BCUT2D eigenvalue weighted by atomic mass is 9.86. The fourth-order valence-electron chi connectivity index (χ4n) is 2.74. The molecule has 0 spiro atoms. The Labute approximate surface area is 153 Å². The van der Waals surface area contributed by atoms with Crippen molar-refractivity contribution in [2.75, 3.05) is 31.1 Å². The summed E-state index contributed by atoms with van der Waals surface area (Å²) in [7, 11) is 0. The van der Waals surface area contributed by atoms with Crippen molar-refractivity contribution in [3.05, 3.63) is 11.1 Å². The second-order valence-corrected chi connectivity index (χ2v) is 6.85. The predicted octanol–water partition coefficient (Wildman–Crippen LogP) is 2.61. The van der Waals surface area contributed by atoms with Gasteiger partial charge in [-0.05, 0) is 31.6 Å². The van der Waals surface area contributed by atoms with Gasteiger partial charge < -0.3 is 16.0 Å². The standard InChI is InChI=1S/C15H25N5S.HI/c16-14(18-10-12-4-3-5-12)17-7-6-13-11-21-15(19-13)20-8-1-2-9-20;/h11-12H,1-10H2,(H3,16,17,18);1H. The Hall–Kier alpha value is -0.570. The van der Waals surface area contributed by atoms with E-state index in [1.54, 1.807) is 11.3 Å². The van der Waals surface area contributed by atoms with Gasteiger partial charge in [0.05, 0.1) is 5.69 Å². The summed E-state index contributed by atoms with van der Waals surface area (Å²) >= 11 is 1.76. The highest BCUT2D eigenvalue weighted by Gasteiger charge is 2.17. The zero-order valence-electron chi connectivity index (χ0n) is 13.0. The van der Waals surface area contributed by atoms with E-state index in [4.69, 9.17) is 10.7 Å². The van der Waals surface area contributed by atoms with E-state index < -0.39 is 0 Å². The second kappa shape index (κ2) is 8.90. The number of aromatic nitrogens is 1. The first-order chi connectivity index (χ1) is 10.3. The van der Waals surface area contributed by atoms with Crippen molar-refractivity contribution >= 4 is 46.4 Å². The van der Waals surface area contributed by atoms with E-state index in [0.717, 1.165) is 44.2 Å². The molecule has 22 heavy (non-hydrogen) atoms. The van der Waals surface area contributed by atoms with Crippen LogP contribution < -0.4 is 16.0 Å². The van der Waals surface area contributed by atoms with E-state index in [9.17, 15) is 0 Å². The molecule has 2 heterocycles. The minimum atomic E-state index is 0. The summed E-state index contributed by atoms with van der Waals surface area (Å²) in [5, 5.41) is 6.53. The van der Waals surface area contributed by atoms with Gasteiger partial charge in [-0.1, -0.05) is 6.42 Å². The molecule has 7 heteroatoms. The lowest BCUT2D eigenvalue weighted by molar-refractivity contribution is 0.326. The van der Waals surface area contributed by atoms with Crippen LogP contribution in [0.2, 0.25) is 0 Å². The van der Waals surface area contributed by atoms with Crippen molar-refractivity contribution in [1.82, 2.24) is 10.3 Å². The molecule has 1 saturated carbocycles. The molecule has 1 aliphatic carbocycles. The van der Waals surface area contributed by atoms with Crippen LogP contribution in [0.1, 0.15) is 37.8 Å². The number of anilines is 1. The molecule has 0 amide bonds. The third-order valence-electron chi connectivity index (χ3n) is 4.35. The largest absolute Gasteiger partial charge is 0.370 e. The number of hydrogen-bond donors (Lipinski definition) is 2. The zero-order chi connectivity index (χ0) is 14.5. The smallest absolute Gasteiger partial charge is 0.188 e. The molecule has 1 aromatic rings. The van der Waals surface area contributed by atoms with Crippen molar-refractivity contribution < 1.29 is 0 Å². The SMILES string of the molecule is I.NC(=NCC1CCC1)NCCc1csc(N2CCCC2)n1. The molecular formula is C15H26IN5S. The van der Waals surface area contributed by atoms with Gasteiger partial charge in [0.2, 0.25) is 0 Å². The van der Waals surface area contributed by atoms with Crippen molar-refractivity contribution in [3.8, 4) is 0 Å². The molecule has 124 valence electrons. The Bertz CT molecular complexity index is 480. The van der Waals surface area contributed by atoms with Gasteiger partial charge in [0.15, 0.2) is 11.1 Å². The zero-order valence-corrected chi connectivity index (χ0v) is 16.1. The van der Waals surface area contributed by atoms with Gasteiger partial charge in [-0.2, -0.15) is 0 Å². The Morgan fingerprint density at radius 3 is 2.82 bits per heavy atom. The van der Waals surface area contributed by atoms with Crippen LogP contribution in [0, 0.1) is 5.92 Å². The van der Waals surface area contributed by atoms with Crippen LogP contribution in [-0.2, 0) is 6.42 Å². The molecule has 1 aliphatic heterocycles. The van der Waals surface area contributed by atoms with E-state index in [2.05, 4.69) is 20.6 Å². The molecule has 5 nitrogen and oxygen atoms in total. The van der Waals surface area contributed by atoms with Crippen LogP contribution in [0.25, 0.3) is 0 Å². The van der Waals surface area contributed by atoms with Gasteiger partial charge in [-0.3, -0.25) is 4.99 Å². The summed E-state index contributed by atoms with van der Waals surface area (Å²) in [5.41, 5.74) is 7.04. The molecule has 0 atom stereocenters. The maximum Gasteiger partial charge on any atom is 0.188 e. The first-order valence-electron chi connectivity index (χ1n) is 8.04. The number of rotatable bonds is 6. The number of hydrogen-bond acceptors (Lipinski definition) is 4. The molecule has 1 saturated heterocycles. The second-order valence-electron chi connectivity index (χ2n) is 6.02. The van der Waals surface area contributed by atoms with Crippen LogP contribution in [-0.4, -0.2) is 37.1 Å². The number of aliphatic imine (C=N–C) groups is 1. The number of thiazole rings is 1. The summed E-state index contributed by atoms with van der Waals surface area (Å²) in [6.45, 7) is 4.01. The molecular weight excluding hydrogens is 409 g/mol. The monoisotopic (exact) mass is 435 g/mol. The summed E-state index contributed by atoms with van der Waals surface area (Å²) in [4.78, 5) is 11.5. The van der Waals surface area contributed by atoms with Crippen LogP contribution in [0.5, 0.6) is 0 Å². The lowest BCUT2D eigenvalue weighted by Gasteiger charge is -2.23. The Morgan fingerprint density at radius 2 is 2.14 bits per heavy atom. The molecule has 0 aromatic carbocycles. The first-order valence-corrected chi connectivity index (χ1v) is 8.92. The van der Waals surface area contributed by atoms with Crippen LogP contribution >= 0.6 is 35.3 Å². The summed E-state index contributed by atoms with van der Waals surface area (Å²) in [5.74, 6) is 1.35. The normalized spacial score (nSPS) is 18.9. The van der Waals surface area contributed by atoms with E-state index >= 15 is 0 Å². The highest BCUT2D eigenvalue weighted by atomic mass is 127. The highest BCUT2D eigenvalue weighted by molar-refractivity contribution is 14.0. The summed E-state index contributed by atoms with van der Waals surface area (Å²) in [6.07, 6.45) is 7.49. The quantitative estimate of drug-likeness (QED) is 0.410. The van der Waals surface area contributed by atoms with E-state index in [1.165, 1.54) is 37.2 Å². The number of nitrogens with one attached hydrogen (secondary N) is 1. The van der Waals surface area contributed by atoms with E-state index in [0.29, 0.717) is 5.96 Å². The number of halogens is 1. The van der Waals surface area contributed by atoms with Crippen LogP contribution in [0.4, 0.5) is 5.13 Å². The third kappa shape index (κ3) is 4.97. The van der Waals surface area contributed by atoms with E-state index in [1.807, 2.05) is 0 Å². The topological polar surface area (TPSA) is 66.5 Å². The molecule has 3 N–H and O–H groups in total. The molecule has 3 rings (SSSR count). The molecule has 1 aromatic heterocycles. The first kappa shape index (κ1) is 17.8. The van der Waals surface area contributed by atoms with Gasteiger partial charge >= 0.3 is 0 Å². The molecule has 0 unspecified atom stereocenters. The minimum Gasteiger partial charge on any atom is -0.370 e. The van der Waals surface area contributed by atoms with Crippen molar-refractivity contribution in [2.45, 2.75) is 38.5 Å². The summed E-state index contributed by atoms with van der Waals surface area (Å²) < 4.78 is 0. The fourth-order valence-corrected chi connectivity index (χ4v) is 3.66. The van der Waals surface area contributed by atoms with Gasteiger partial charge in [-0.15, -0.1) is 35.3 Å². The van der Waals surface area contributed by atoms with Crippen molar-refractivity contribution in [3.63, 3.8) is 0 Å². The number of nitrogens with two attached hydrogens (primary N) is 1. The summed E-state index contributed by atoms with van der Waals surface area (Å²) in [6, 6.07) is 0. The van der Waals surface area contributed by atoms with Gasteiger partial charge in [-0.25, -0.2) is 4.98 Å². The average Bonchev–Trinajstić information content (AvgIpc) is 3.07. The maximum atomic E-state index is 5.88. The molecule has 0 radical (unpaired) electrons. The van der Waals surface area contributed by atoms with Crippen LogP contribution in [0.15, 0.2) is 10.4 Å². The van der Waals surface area contributed by atoms with Gasteiger partial charge in [0.25, 0.3) is 0 Å². The van der Waals surface area contributed by atoms with Crippen molar-refractivity contribution in [1.29, 1.82) is 0 Å². The minimum absolute atomic E-state index is 0. The average molecular weight is 435 g/mol. The number of nitrogens with zero attached hydrogens (tertiary/aromatic N) is 3.